The van der Waals surface area contributed by atoms with Crippen LogP contribution in [0.2, 0.25) is 0 Å². The average Bonchev–Trinajstić information content (AvgIpc) is 3.47. The van der Waals surface area contributed by atoms with Crippen molar-refractivity contribution in [1.29, 1.82) is 0 Å². The van der Waals surface area contributed by atoms with Gasteiger partial charge >= 0.3 is 0 Å². The number of aromatic nitrogens is 5. The molecule has 0 amide bonds. The minimum absolute atomic E-state index is 0.207. The Morgan fingerprint density at radius 2 is 2.02 bits per heavy atom. The fourth-order valence-corrected chi connectivity index (χ4v) is 6.98. The first kappa shape index (κ1) is 25.2. The number of benzene rings is 1. The molecule has 1 aromatic carbocycles. The van der Waals surface area contributed by atoms with E-state index in [0.717, 1.165) is 30.6 Å². The van der Waals surface area contributed by atoms with E-state index in [1.807, 2.05) is 19.1 Å². The number of nitrogens with zero attached hydrogens (tertiary/aromatic N) is 6. The Morgan fingerprint density at radius 1 is 1.18 bits per heavy atom. The molecule has 0 radical (unpaired) electrons. The maximum Gasteiger partial charge on any atom is 0.278 e. The quantitative estimate of drug-likeness (QED) is 0.345. The van der Waals surface area contributed by atoms with Gasteiger partial charge in [-0.3, -0.25) is 9.69 Å². The molecule has 3 aliphatic rings. The largest absolute Gasteiger partial charge is 0.384 e. The number of anilines is 2. The van der Waals surface area contributed by atoms with Crippen LogP contribution in [0.3, 0.4) is 0 Å². The van der Waals surface area contributed by atoms with Crippen molar-refractivity contribution in [2.24, 2.45) is 0 Å². The molecule has 3 aromatic heterocycles. The van der Waals surface area contributed by atoms with E-state index < -0.39 is 5.60 Å². The Kier molecular flexibility index (Phi) is 5.90. The van der Waals surface area contributed by atoms with Crippen molar-refractivity contribution in [2.45, 2.75) is 76.6 Å². The van der Waals surface area contributed by atoms with E-state index in [0.29, 0.717) is 47.4 Å². The molecule has 4 aromatic rings. The number of aryl methyl sites for hydroxylation is 2. The van der Waals surface area contributed by atoms with Gasteiger partial charge in [0.05, 0.1) is 12.2 Å². The second-order valence-electron chi connectivity index (χ2n) is 11.5. The van der Waals surface area contributed by atoms with Crippen LogP contribution in [0, 0.1) is 0 Å². The zero-order valence-electron chi connectivity index (χ0n) is 23.2. The molecule has 7 rings (SSSR count). The lowest BCUT2D eigenvalue weighted by molar-refractivity contribution is 0.0306. The molecule has 2 unspecified atom stereocenters. The second kappa shape index (κ2) is 9.38. The minimum Gasteiger partial charge on any atom is -0.384 e. The summed E-state index contributed by atoms with van der Waals surface area (Å²) in [6.07, 6.45) is 10.0. The maximum absolute atomic E-state index is 13.4. The normalized spacial score (nSPS) is 21.8. The van der Waals surface area contributed by atoms with Crippen LogP contribution in [0.1, 0.15) is 73.0 Å². The van der Waals surface area contributed by atoms with Crippen molar-refractivity contribution in [1.82, 2.24) is 29.2 Å². The molecule has 9 nitrogen and oxygen atoms in total. The number of hydrogen-bond acceptors (Lipinski definition) is 7. The fraction of sp³-hybridized carbons (Fsp3) is 0.419. The molecular weight excluding hydrogens is 502 g/mol. The molecule has 0 bridgehead atoms. The highest BCUT2D eigenvalue weighted by molar-refractivity contribution is 5.77. The van der Waals surface area contributed by atoms with E-state index in [1.54, 1.807) is 21.6 Å². The van der Waals surface area contributed by atoms with E-state index in [4.69, 9.17) is 9.97 Å². The Labute approximate surface area is 233 Å². The first-order valence-electron chi connectivity index (χ1n) is 14.4. The van der Waals surface area contributed by atoms with Gasteiger partial charge < -0.3 is 10.4 Å². The van der Waals surface area contributed by atoms with Crippen molar-refractivity contribution in [3.8, 4) is 5.82 Å². The summed E-state index contributed by atoms with van der Waals surface area (Å²) < 4.78 is 3.31. The monoisotopic (exact) mass is 537 g/mol. The first-order chi connectivity index (χ1) is 19.4. The molecule has 1 aliphatic heterocycles. The molecule has 9 heteroatoms. The Hall–Kier alpha value is -3.82. The van der Waals surface area contributed by atoms with Crippen LogP contribution >= 0.6 is 0 Å². The molecule has 0 saturated carbocycles. The first-order valence-corrected chi connectivity index (χ1v) is 14.4. The Balaban J connectivity index is 1.33. The summed E-state index contributed by atoms with van der Waals surface area (Å²) >= 11 is 0. The van der Waals surface area contributed by atoms with Crippen LogP contribution in [-0.2, 0) is 31.5 Å². The summed E-state index contributed by atoms with van der Waals surface area (Å²) in [4.78, 5) is 30.1. The van der Waals surface area contributed by atoms with Crippen LogP contribution in [0.15, 0.2) is 47.9 Å². The van der Waals surface area contributed by atoms with E-state index in [9.17, 15) is 9.90 Å². The lowest BCUT2D eigenvalue weighted by Crippen LogP contribution is -2.25. The molecule has 206 valence electrons. The molecule has 4 heterocycles. The van der Waals surface area contributed by atoms with Crippen LogP contribution in [0.5, 0.6) is 0 Å². The summed E-state index contributed by atoms with van der Waals surface area (Å²) in [6, 6.07) is 8.88. The summed E-state index contributed by atoms with van der Waals surface area (Å²) in [5, 5.41) is 15.0. The van der Waals surface area contributed by atoms with Crippen molar-refractivity contribution >= 4 is 22.7 Å². The predicted molar refractivity (Wildman–Crippen MR) is 155 cm³/mol. The van der Waals surface area contributed by atoms with Crippen molar-refractivity contribution in [2.75, 3.05) is 12.4 Å². The molecule has 0 saturated heterocycles. The fourth-order valence-electron chi connectivity index (χ4n) is 6.98. The molecule has 0 fully saturated rings. The van der Waals surface area contributed by atoms with Gasteiger partial charge in [-0.1, -0.05) is 25.5 Å². The average molecular weight is 538 g/mol. The summed E-state index contributed by atoms with van der Waals surface area (Å²) in [7, 11) is 2.21. The van der Waals surface area contributed by atoms with Crippen molar-refractivity contribution < 1.29 is 5.11 Å². The maximum atomic E-state index is 13.4. The SMILES string of the molecule is C=CCn1c(=O)c2cnc(Nc3cc4c5c(c3)CN(C)C5CCCC4)nc2n1-c1ccc2c(n1)C(O)(CC)CC2. The van der Waals surface area contributed by atoms with E-state index in [2.05, 4.69) is 41.0 Å². The Morgan fingerprint density at radius 3 is 2.85 bits per heavy atom. The third-order valence-electron chi connectivity index (χ3n) is 9.06. The highest BCUT2D eigenvalue weighted by Crippen LogP contribution is 2.43. The van der Waals surface area contributed by atoms with Gasteiger partial charge in [0.15, 0.2) is 11.5 Å². The Bertz CT molecular complexity index is 1720. The van der Waals surface area contributed by atoms with Gasteiger partial charge in [-0.05, 0) is 86.0 Å². The number of nitrogens with one attached hydrogen (secondary N) is 1. The number of aliphatic hydroxyl groups is 1. The van der Waals surface area contributed by atoms with Crippen LogP contribution < -0.4 is 10.9 Å². The van der Waals surface area contributed by atoms with Crippen LogP contribution in [0.4, 0.5) is 11.6 Å². The van der Waals surface area contributed by atoms with E-state index >= 15 is 0 Å². The molecule has 2 N–H and O–H groups in total. The van der Waals surface area contributed by atoms with Gasteiger partial charge in [0.2, 0.25) is 5.95 Å². The number of pyridine rings is 1. The lowest BCUT2D eigenvalue weighted by Gasteiger charge is -2.21. The molecular formula is C31H35N7O2. The lowest BCUT2D eigenvalue weighted by atomic mass is 9.96. The third-order valence-corrected chi connectivity index (χ3v) is 9.06. The van der Waals surface area contributed by atoms with Gasteiger partial charge in [-0.25, -0.2) is 19.3 Å². The highest BCUT2D eigenvalue weighted by Gasteiger charge is 2.37. The van der Waals surface area contributed by atoms with Crippen LogP contribution in [-0.4, -0.2) is 41.4 Å². The molecule has 2 atom stereocenters. The molecule has 0 spiro atoms. The third kappa shape index (κ3) is 3.83. The minimum atomic E-state index is -0.959. The standard InChI is InChI=1S/C31H35N7O2/c1-4-14-37-29(39)23-17-32-30(33-22-15-20-8-6-7-9-24-26(20)21(16-22)18-36(24)3)35-28(23)38(37)25-11-10-19-12-13-31(40,5-2)27(19)34-25/h4,10-11,15-17,24,40H,1,5-9,12-14,18H2,2-3H3,(H,32,33,35). The summed E-state index contributed by atoms with van der Waals surface area (Å²) in [5.74, 6) is 0.963. The molecule has 40 heavy (non-hydrogen) atoms. The van der Waals surface area contributed by atoms with Crippen LogP contribution in [0.25, 0.3) is 16.9 Å². The van der Waals surface area contributed by atoms with Crippen molar-refractivity contribution in [3.63, 3.8) is 0 Å². The van der Waals surface area contributed by atoms with Gasteiger partial charge in [-0.15, -0.1) is 6.58 Å². The molecule has 2 aliphatic carbocycles. The van der Waals surface area contributed by atoms with Gasteiger partial charge in [0.25, 0.3) is 5.56 Å². The van der Waals surface area contributed by atoms with Gasteiger partial charge in [0.1, 0.15) is 11.0 Å². The van der Waals surface area contributed by atoms with Gasteiger partial charge in [-0.2, -0.15) is 4.98 Å². The zero-order chi connectivity index (χ0) is 27.6. The zero-order valence-corrected chi connectivity index (χ0v) is 23.2. The van der Waals surface area contributed by atoms with Crippen molar-refractivity contribution in [3.05, 3.63) is 81.4 Å². The van der Waals surface area contributed by atoms with E-state index in [-0.39, 0.29) is 12.1 Å². The number of fused-ring (bicyclic) bond motifs is 2. The summed E-state index contributed by atoms with van der Waals surface area (Å²) in [5.41, 5.74) is 6.28. The second-order valence-corrected chi connectivity index (χ2v) is 11.5. The highest BCUT2D eigenvalue weighted by atomic mass is 16.3. The predicted octanol–water partition coefficient (Wildman–Crippen LogP) is 4.66. The number of allylic oxidation sites excluding steroid dienone is 1. The number of hydrogen-bond donors (Lipinski definition) is 2. The van der Waals surface area contributed by atoms with E-state index in [1.165, 1.54) is 36.0 Å². The number of rotatable bonds is 6. The smallest absolute Gasteiger partial charge is 0.278 e. The van der Waals surface area contributed by atoms with Gasteiger partial charge in [0, 0.05) is 24.5 Å². The summed E-state index contributed by atoms with van der Waals surface area (Å²) in [6.45, 7) is 7.06. The topological polar surface area (TPSA) is 101 Å².